The van der Waals surface area contributed by atoms with Crippen molar-refractivity contribution in [1.29, 1.82) is 0 Å². The molecule has 1 heterocycles. The summed E-state index contributed by atoms with van der Waals surface area (Å²) in [5, 5.41) is 1.39. The van der Waals surface area contributed by atoms with Crippen molar-refractivity contribution in [3.8, 4) is 0 Å². The lowest BCUT2D eigenvalue weighted by Gasteiger charge is -2.23. The molecule has 1 saturated heterocycles. The molecular weight excluding hydrogens is 316 g/mol. The summed E-state index contributed by atoms with van der Waals surface area (Å²) in [5.41, 5.74) is 2.20. The van der Waals surface area contributed by atoms with E-state index in [1.807, 2.05) is 48.5 Å². The van der Waals surface area contributed by atoms with Gasteiger partial charge in [0, 0.05) is 5.69 Å². The molecular formula is C16H18N2O4S. The molecule has 1 aliphatic heterocycles. The Kier molecular flexibility index (Phi) is 4.11. The molecule has 3 rings (SSSR count). The van der Waals surface area contributed by atoms with E-state index in [9.17, 15) is 13.0 Å². The summed E-state index contributed by atoms with van der Waals surface area (Å²) in [5.74, 6) is 0. The zero-order chi connectivity index (χ0) is 16.5. The normalized spacial score (nSPS) is 25.4. The van der Waals surface area contributed by atoms with Gasteiger partial charge in [0.25, 0.3) is 5.56 Å². The standard InChI is InChI=1S/C16H18N2O4S/c1-16(13-8-4-2-5-9-13)12-18(15(22-16)23(19,20)21)17-14-10-6-3-7-11-14/h2-11,15,17H,12H2,1H3,(H,19,20,21). The number of hydrazine groups is 1. The van der Waals surface area contributed by atoms with E-state index >= 15 is 0 Å². The smallest absolute Gasteiger partial charge is 0.308 e. The molecule has 2 unspecified atom stereocenters. The summed E-state index contributed by atoms with van der Waals surface area (Å²) in [6.07, 6.45) is 0. The molecule has 0 spiro atoms. The Bertz CT molecular complexity index is 767. The SMILES string of the molecule is CC1(c2ccccc2)CN(Nc2ccccc2)C(S(=O)(=O)O)O1. The Morgan fingerprint density at radius 2 is 1.70 bits per heavy atom. The van der Waals surface area contributed by atoms with Gasteiger partial charge in [0.1, 0.15) is 5.60 Å². The average Bonchev–Trinajstić information content (AvgIpc) is 2.87. The molecule has 2 atom stereocenters. The number of nitrogens with zero attached hydrogens (tertiary/aromatic N) is 1. The first-order chi connectivity index (χ1) is 10.9. The van der Waals surface area contributed by atoms with Crippen molar-refractivity contribution in [2.75, 3.05) is 12.0 Å². The number of para-hydroxylation sites is 1. The minimum absolute atomic E-state index is 0.260. The van der Waals surface area contributed by atoms with Crippen molar-refractivity contribution < 1.29 is 17.7 Å². The number of benzene rings is 2. The van der Waals surface area contributed by atoms with E-state index in [-0.39, 0.29) is 6.54 Å². The highest BCUT2D eigenvalue weighted by Gasteiger charge is 2.48. The molecule has 2 aromatic rings. The molecule has 122 valence electrons. The van der Waals surface area contributed by atoms with Crippen LogP contribution in [0.5, 0.6) is 0 Å². The zero-order valence-electron chi connectivity index (χ0n) is 12.6. The van der Waals surface area contributed by atoms with E-state index in [0.717, 1.165) is 5.56 Å². The van der Waals surface area contributed by atoms with Crippen LogP contribution in [-0.2, 0) is 20.5 Å². The predicted octanol–water partition coefficient (Wildman–Crippen LogP) is 2.43. The van der Waals surface area contributed by atoms with Gasteiger partial charge >= 0.3 is 10.1 Å². The van der Waals surface area contributed by atoms with Gasteiger partial charge in [-0.05, 0) is 24.6 Å². The first-order valence-electron chi connectivity index (χ1n) is 7.16. The molecule has 6 nitrogen and oxygen atoms in total. The van der Waals surface area contributed by atoms with Gasteiger partial charge < -0.3 is 10.2 Å². The highest BCUT2D eigenvalue weighted by molar-refractivity contribution is 7.86. The van der Waals surface area contributed by atoms with E-state index in [1.54, 1.807) is 19.1 Å². The van der Waals surface area contributed by atoms with E-state index in [4.69, 9.17) is 4.74 Å². The maximum atomic E-state index is 11.7. The summed E-state index contributed by atoms with van der Waals surface area (Å²) < 4.78 is 38.6. The predicted molar refractivity (Wildman–Crippen MR) is 87.0 cm³/mol. The van der Waals surface area contributed by atoms with Crippen LogP contribution in [0.25, 0.3) is 0 Å². The van der Waals surface area contributed by atoms with Crippen LogP contribution in [0.2, 0.25) is 0 Å². The molecule has 0 aromatic heterocycles. The summed E-state index contributed by atoms with van der Waals surface area (Å²) in [6, 6.07) is 18.5. The van der Waals surface area contributed by atoms with Gasteiger partial charge in [-0.2, -0.15) is 13.4 Å². The zero-order valence-corrected chi connectivity index (χ0v) is 13.4. The molecule has 0 saturated carbocycles. The second kappa shape index (κ2) is 5.93. The summed E-state index contributed by atoms with van der Waals surface area (Å²) in [7, 11) is -4.41. The maximum Gasteiger partial charge on any atom is 0.308 e. The van der Waals surface area contributed by atoms with E-state index in [2.05, 4.69) is 5.43 Å². The van der Waals surface area contributed by atoms with Gasteiger partial charge in [-0.25, -0.2) is 0 Å². The van der Waals surface area contributed by atoms with E-state index < -0.39 is 21.3 Å². The summed E-state index contributed by atoms with van der Waals surface area (Å²) in [4.78, 5) is 0. The third-order valence-electron chi connectivity index (χ3n) is 3.77. The number of hydrogen-bond donors (Lipinski definition) is 2. The number of nitrogens with one attached hydrogen (secondary N) is 1. The largest absolute Gasteiger partial charge is 0.333 e. The second-order valence-electron chi connectivity index (χ2n) is 5.64. The van der Waals surface area contributed by atoms with Crippen LogP contribution in [0.3, 0.4) is 0 Å². The fourth-order valence-electron chi connectivity index (χ4n) is 2.67. The third kappa shape index (κ3) is 3.37. The molecule has 0 amide bonds. The molecule has 0 aliphatic carbocycles. The Morgan fingerprint density at radius 3 is 2.26 bits per heavy atom. The number of hydrogen-bond acceptors (Lipinski definition) is 5. The minimum atomic E-state index is -4.41. The molecule has 1 aliphatic rings. The van der Waals surface area contributed by atoms with Gasteiger partial charge in [0.2, 0.25) is 0 Å². The Balaban J connectivity index is 1.91. The van der Waals surface area contributed by atoms with Crippen molar-refractivity contribution in [3.05, 3.63) is 66.2 Å². The fraction of sp³-hybridized carbons (Fsp3) is 0.250. The van der Waals surface area contributed by atoms with Crippen LogP contribution in [0.15, 0.2) is 60.7 Å². The van der Waals surface area contributed by atoms with Gasteiger partial charge in [0.05, 0.1) is 6.54 Å². The van der Waals surface area contributed by atoms with Crippen molar-refractivity contribution in [3.63, 3.8) is 0 Å². The van der Waals surface area contributed by atoms with Crippen LogP contribution >= 0.6 is 0 Å². The maximum absolute atomic E-state index is 11.7. The van der Waals surface area contributed by atoms with Crippen molar-refractivity contribution >= 4 is 15.8 Å². The van der Waals surface area contributed by atoms with Crippen LogP contribution in [0.4, 0.5) is 5.69 Å². The quantitative estimate of drug-likeness (QED) is 0.836. The Hall–Kier alpha value is -1.93. The van der Waals surface area contributed by atoms with Crippen LogP contribution in [-0.4, -0.2) is 30.1 Å². The van der Waals surface area contributed by atoms with Crippen LogP contribution in [0, 0.1) is 0 Å². The highest BCUT2D eigenvalue weighted by Crippen LogP contribution is 2.36. The molecule has 1 fully saturated rings. The second-order valence-corrected chi connectivity index (χ2v) is 7.08. The van der Waals surface area contributed by atoms with E-state index in [1.165, 1.54) is 5.01 Å². The van der Waals surface area contributed by atoms with Crippen molar-refractivity contribution in [2.45, 2.75) is 18.1 Å². The number of rotatable bonds is 4. The lowest BCUT2D eigenvalue weighted by Crippen LogP contribution is -2.40. The van der Waals surface area contributed by atoms with Crippen LogP contribution in [0.1, 0.15) is 12.5 Å². The van der Waals surface area contributed by atoms with Gasteiger partial charge in [-0.1, -0.05) is 48.5 Å². The molecule has 7 heteroatoms. The van der Waals surface area contributed by atoms with Crippen molar-refractivity contribution in [2.24, 2.45) is 0 Å². The first kappa shape index (κ1) is 15.9. The first-order valence-corrected chi connectivity index (χ1v) is 8.67. The Morgan fingerprint density at radius 1 is 1.13 bits per heavy atom. The van der Waals surface area contributed by atoms with Crippen LogP contribution < -0.4 is 5.43 Å². The summed E-state index contributed by atoms with van der Waals surface area (Å²) in [6.45, 7) is 2.06. The lowest BCUT2D eigenvalue weighted by atomic mass is 9.96. The van der Waals surface area contributed by atoms with Gasteiger partial charge in [0.15, 0.2) is 0 Å². The fourth-order valence-corrected chi connectivity index (χ4v) is 3.45. The molecule has 0 radical (unpaired) electrons. The molecule has 2 N–H and O–H groups in total. The monoisotopic (exact) mass is 334 g/mol. The lowest BCUT2D eigenvalue weighted by molar-refractivity contribution is -0.00980. The van der Waals surface area contributed by atoms with Gasteiger partial charge in [-0.15, -0.1) is 0 Å². The third-order valence-corrected chi connectivity index (χ3v) is 4.63. The van der Waals surface area contributed by atoms with Gasteiger partial charge in [-0.3, -0.25) is 4.55 Å². The minimum Gasteiger partial charge on any atom is -0.333 e. The molecule has 23 heavy (non-hydrogen) atoms. The Labute approximate surface area is 135 Å². The molecule has 0 bridgehead atoms. The highest BCUT2D eigenvalue weighted by atomic mass is 32.2. The topological polar surface area (TPSA) is 78.9 Å². The molecule has 2 aromatic carbocycles. The van der Waals surface area contributed by atoms with Crippen molar-refractivity contribution in [1.82, 2.24) is 5.01 Å². The number of anilines is 1. The average molecular weight is 334 g/mol. The summed E-state index contributed by atoms with van der Waals surface area (Å²) >= 11 is 0. The number of ether oxygens (including phenoxy) is 1. The van der Waals surface area contributed by atoms with E-state index in [0.29, 0.717) is 5.69 Å².